The van der Waals surface area contributed by atoms with E-state index >= 15 is 0 Å². The zero-order chi connectivity index (χ0) is 13.8. The molecule has 0 radical (unpaired) electrons. The number of carbonyl (C=O) groups is 1. The SMILES string of the molecule is Cc1ccc(C(=O)CSc2ccc(Br)cn2)cc1C. The summed E-state index contributed by atoms with van der Waals surface area (Å²) < 4.78 is 0.942. The van der Waals surface area contributed by atoms with Crippen molar-refractivity contribution >= 4 is 33.5 Å². The minimum atomic E-state index is 0.137. The predicted octanol–water partition coefficient (Wildman–Crippen LogP) is 4.44. The van der Waals surface area contributed by atoms with E-state index in [1.165, 1.54) is 17.3 Å². The summed E-state index contributed by atoms with van der Waals surface area (Å²) in [6.07, 6.45) is 1.74. The molecule has 0 fully saturated rings. The minimum Gasteiger partial charge on any atom is -0.293 e. The van der Waals surface area contributed by atoms with Gasteiger partial charge >= 0.3 is 0 Å². The highest BCUT2D eigenvalue weighted by molar-refractivity contribution is 9.10. The van der Waals surface area contributed by atoms with Crippen LogP contribution in [0.5, 0.6) is 0 Å². The minimum absolute atomic E-state index is 0.137. The van der Waals surface area contributed by atoms with Gasteiger partial charge in [-0.25, -0.2) is 4.98 Å². The van der Waals surface area contributed by atoms with Gasteiger partial charge in [-0.2, -0.15) is 0 Å². The lowest BCUT2D eigenvalue weighted by molar-refractivity contribution is 0.102. The van der Waals surface area contributed by atoms with Crippen LogP contribution < -0.4 is 0 Å². The number of hydrogen-bond acceptors (Lipinski definition) is 3. The maximum absolute atomic E-state index is 12.1. The van der Waals surface area contributed by atoms with E-state index in [0.717, 1.165) is 20.6 Å². The number of aromatic nitrogens is 1. The second-order valence-electron chi connectivity index (χ2n) is 4.33. The number of Topliss-reactive ketones (excluding diaryl/α,β-unsaturated/α-hetero) is 1. The fraction of sp³-hybridized carbons (Fsp3) is 0.200. The lowest BCUT2D eigenvalue weighted by Gasteiger charge is -2.04. The van der Waals surface area contributed by atoms with Gasteiger partial charge in [0.05, 0.1) is 10.8 Å². The summed E-state index contributed by atoms with van der Waals surface area (Å²) in [5.41, 5.74) is 3.13. The van der Waals surface area contributed by atoms with Crippen molar-refractivity contribution in [1.82, 2.24) is 4.98 Å². The predicted molar refractivity (Wildman–Crippen MR) is 82.9 cm³/mol. The molecule has 0 atom stereocenters. The molecule has 0 aliphatic rings. The molecule has 4 heteroatoms. The van der Waals surface area contributed by atoms with Gasteiger partial charge in [0, 0.05) is 16.2 Å². The van der Waals surface area contributed by atoms with Crippen LogP contribution in [0.1, 0.15) is 21.5 Å². The van der Waals surface area contributed by atoms with Gasteiger partial charge in [-0.3, -0.25) is 4.79 Å². The highest BCUT2D eigenvalue weighted by Crippen LogP contribution is 2.19. The average molecular weight is 336 g/mol. The Morgan fingerprint density at radius 1 is 1.21 bits per heavy atom. The summed E-state index contributed by atoms with van der Waals surface area (Å²) in [5, 5.41) is 0.861. The Morgan fingerprint density at radius 3 is 2.63 bits per heavy atom. The van der Waals surface area contributed by atoms with Crippen LogP contribution in [-0.2, 0) is 0 Å². The molecule has 1 heterocycles. The van der Waals surface area contributed by atoms with Crippen molar-refractivity contribution in [3.8, 4) is 0 Å². The van der Waals surface area contributed by atoms with Gasteiger partial charge in [-0.15, -0.1) is 0 Å². The molecule has 1 aromatic carbocycles. The van der Waals surface area contributed by atoms with E-state index in [1.54, 1.807) is 6.20 Å². The molecule has 98 valence electrons. The number of nitrogens with zero attached hydrogens (tertiary/aromatic N) is 1. The monoisotopic (exact) mass is 335 g/mol. The van der Waals surface area contributed by atoms with E-state index in [-0.39, 0.29) is 5.78 Å². The lowest BCUT2D eigenvalue weighted by atomic mass is 10.0. The first-order valence-corrected chi connectivity index (χ1v) is 7.69. The molecule has 0 bridgehead atoms. The second-order valence-corrected chi connectivity index (χ2v) is 6.24. The summed E-state index contributed by atoms with van der Waals surface area (Å²) in [4.78, 5) is 16.3. The number of carbonyl (C=O) groups excluding carboxylic acids is 1. The number of thioether (sulfide) groups is 1. The first-order chi connectivity index (χ1) is 9.06. The zero-order valence-electron chi connectivity index (χ0n) is 10.8. The summed E-state index contributed by atoms with van der Waals surface area (Å²) in [6.45, 7) is 4.07. The van der Waals surface area contributed by atoms with E-state index in [1.807, 2.05) is 44.2 Å². The molecule has 0 spiro atoms. The van der Waals surface area contributed by atoms with Crippen LogP contribution in [0.3, 0.4) is 0 Å². The molecular formula is C15H14BrNOS. The molecular weight excluding hydrogens is 322 g/mol. The summed E-state index contributed by atoms with van der Waals surface area (Å²) in [7, 11) is 0. The normalized spacial score (nSPS) is 10.5. The molecule has 0 unspecified atom stereocenters. The number of aryl methyl sites for hydroxylation is 2. The summed E-state index contributed by atoms with van der Waals surface area (Å²) in [6, 6.07) is 9.66. The van der Waals surface area contributed by atoms with Gasteiger partial charge in [0.25, 0.3) is 0 Å². The lowest BCUT2D eigenvalue weighted by Crippen LogP contribution is -2.03. The van der Waals surface area contributed by atoms with Crippen molar-refractivity contribution in [3.05, 3.63) is 57.7 Å². The molecule has 19 heavy (non-hydrogen) atoms. The maximum atomic E-state index is 12.1. The second kappa shape index (κ2) is 6.35. The van der Waals surface area contributed by atoms with Gasteiger partial charge in [0.2, 0.25) is 0 Å². The van der Waals surface area contributed by atoms with E-state index in [0.29, 0.717) is 5.75 Å². The Bertz CT molecular complexity index is 596. The van der Waals surface area contributed by atoms with Gasteiger partial charge in [0.15, 0.2) is 5.78 Å². The van der Waals surface area contributed by atoms with Crippen LogP contribution in [0.4, 0.5) is 0 Å². The number of hydrogen-bond donors (Lipinski definition) is 0. The largest absolute Gasteiger partial charge is 0.293 e. The first-order valence-electron chi connectivity index (χ1n) is 5.91. The molecule has 0 aliphatic carbocycles. The van der Waals surface area contributed by atoms with Crippen molar-refractivity contribution in [1.29, 1.82) is 0 Å². The Balaban J connectivity index is 2.01. The molecule has 0 amide bonds. The fourth-order valence-corrected chi connectivity index (χ4v) is 2.56. The molecule has 2 rings (SSSR count). The zero-order valence-corrected chi connectivity index (χ0v) is 13.2. The van der Waals surface area contributed by atoms with Crippen LogP contribution >= 0.6 is 27.7 Å². The third kappa shape index (κ3) is 3.91. The highest BCUT2D eigenvalue weighted by atomic mass is 79.9. The first kappa shape index (κ1) is 14.3. The third-order valence-corrected chi connectivity index (χ3v) is 4.29. The number of ketones is 1. The Labute approximate surface area is 125 Å². The topological polar surface area (TPSA) is 30.0 Å². The smallest absolute Gasteiger partial charge is 0.173 e. The van der Waals surface area contributed by atoms with Crippen LogP contribution in [0.15, 0.2) is 46.0 Å². The van der Waals surface area contributed by atoms with Crippen molar-refractivity contribution in [2.24, 2.45) is 0 Å². The fourth-order valence-electron chi connectivity index (χ4n) is 1.59. The highest BCUT2D eigenvalue weighted by Gasteiger charge is 2.08. The van der Waals surface area contributed by atoms with E-state index in [2.05, 4.69) is 20.9 Å². The van der Waals surface area contributed by atoms with Crippen molar-refractivity contribution < 1.29 is 4.79 Å². The van der Waals surface area contributed by atoms with Crippen molar-refractivity contribution in [3.63, 3.8) is 0 Å². The maximum Gasteiger partial charge on any atom is 0.173 e. The summed E-state index contributed by atoms with van der Waals surface area (Å²) >= 11 is 4.80. The van der Waals surface area contributed by atoms with E-state index in [9.17, 15) is 4.79 Å². The average Bonchev–Trinajstić information content (AvgIpc) is 2.41. The standard InChI is InChI=1S/C15H14BrNOS/c1-10-3-4-12(7-11(10)2)14(18)9-19-15-6-5-13(16)8-17-15/h3-8H,9H2,1-2H3. The van der Waals surface area contributed by atoms with Gasteiger partial charge in [-0.05, 0) is 59.1 Å². The molecule has 0 saturated carbocycles. The Morgan fingerprint density at radius 2 is 2.00 bits per heavy atom. The number of halogens is 1. The van der Waals surface area contributed by atoms with Gasteiger partial charge in [0.1, 0.15) is 0 Å². The molecule has 0 N–H and O–H groups in total. The third-order valence-electron chi connectivity index (χ3n) is 2.88. The van der Waals surface area contributed by atoms with E-state index < -0.39 is 0 Å². The van der Waals surface area contributed by atoms with Crippen LogP contribution in [0.25, 0.3) is 0 Å². The molecule has 0 saturated heterocycles. The molecule has 2 aromatic rings. The van der Waals surface area contributed by atoms with Crippen LogP contribution in [-0.4, -0.2) is 16.5 Å². The quantitative estimate of drug-likeness (QED) is 0.611. The molecule has 2 nitrogen and oxygen atoms in total. The van der Waals surface area contributed by atoms with Gasteiger partial charge in [-0.1, -0.05) is 23.9 Å². The number of rotatable bonds is 4. The summed E-state index contributed by atoms with van der Waals surface area (Å²) in [5.74, 6) is 0.551. The van der Waals surface area contributed by atoms with E-state index in [4.69, 9.17) is 0 Å². The van der Waals surface area contributed by atoms with Gasteiger partial charge < -0.3 is 0 Å². The molecule has 0 aliphatic heterocycles. The number of benzene rings is 1. The Hall–Kier alpha value is -1.13. The van der Waals surface area contributed by atoms with Crippen molar-refractivity contribution in [2.45, 2.75) is 18.9 Å². The van der Waals surface area contributed by atoms with Crippen LogP contribution in [0.2, 0.25) is 0 Å². The number of pyridine rings is 1. The van der Waals surface area contributed by atoms with Crippen molar-refractivity contribution in [2.75, 3.05) is 5.75 Å². The van der Waals surface area contributed by atoms with Crippen LogP contribution in [0, 0.1) is 13.8 Å². The Kier molecular flexibility index (Phi) is 4.77. The molecule has 1 aromatic heterocycles.